The van der Waals surface area contributed by atoms with E-state index < -0.39 is 13.0 Å². The van der Waals surface area contributed by atoms with Crippen molar-refractivity contribution in [1.82, 2.24) is 5.32 Å². The SMILES string of the molecule is Cc1cccc(CNC2CC2)c1OCCOC(F)(F)F. The molecule has 6 heteroatoms. The molecule has 0 heterocycles. The molecule has 1 aliphatic carbocycles. The molecule has 0 amide bonds. The summed E-state index contributed by atoms with van der Waals surface area (Å²) in [5.74, 6) is 0.645. The fourth-order valence-electron chi connectivity index (χ4n) is 1.90. The molecule has 1 saturated carbocycles. The third kappa shape index (κ3) is 5.02. The van der Waals surface area contributed by atoms with Crippen molar-refractivity contribution in [1.29, 1.82) is 0 Å². The Hall–Kier alpha value is -1.27. The number of rotatable bonds is 7. The molecule has 112 valence electrons. The van der Waals surface area contributed by atoms with Crippen molar-refractivity contribution in [3.05, 3.63) is 29.3 Å². The van der Waals surface area contributed by atoms with E-state index >= 15 is 0 Å². The molecule has 3 nitrogen and oxygen atoms in total. The normalized spacial score (nSPS) is 15.4. The van der Waals surface area contributed by atoms with Gasteiger partial charge in [0.1, 0.15) is 12.4 Å². The highest BCUT2D eigenvalue weighted by Gasteiger charge is 2.28. The van der Waals surface area contributed by atoms with E-state index in [1.807, 2.05) is 25.1 Å². The lowest BCUT2D eigenvalue weighted by atomic mass is 10.1. The van der Waals surface area contributed by atoms with Crippen molar-refractivity contribution in [2.24, 2.45) is 0 Å². The van der Waals surface area contributed by atoms with E-state index in [4.69, 9.17) is 4.74 Å². The molecule has 0 unspecified atom stereocenters. The first-order chi connectivity index (χ1) is 9.46. The lowest BCUT2D eigenvalue weighted by molar-refractivity contribution is -0.325. The monoisotopic (exact) mass is 289 g/mol. The second kappa shape index (κ2) is 6.45. The van der Waals surface area contributed by atoms with Crippen LogP contribution in [0.1, 0.15) is 24.0 Å². The molecule has 1 aromatic carbocycles. The molecule has 0 aliphatic heterocycles. The van der Waals surface area contributed by atoms with Gasteiger partial charge in [0.25, 0.3) is 0 Å². The Kier molecular flexibility index (Phi) is 4.88. The summed E-state index contributed by atoms with van der Waals surface area (Å²) in [6.07, 6.45) is -2.24. The summed E-state index contributed by atoms with van der Waals surface area (Å²) in [6.45, 7) is 1.91. The van der Waals surface area contributed by atoms with E-state index in [-0.39, 0.29) is 6.61 Å². The van der Waals surface area contributed by atoms with Crippen LogP contribution in [0.5, 0.6) is 5.75 Å². The van der Waals surface area contributed by atoms with Crippen LogP contribution in [0.15, 0.2) is 18.2 Å². The van der Waals surface area contributed by atoms with E-state index in [1.54, 1.807) is 0 Å². The number of aryl methyl sites for hydroxylation is 1. The molecule has 0 saturated heterocycles. The second-order valence-corrected chi connectivity index (χ2v) is 4.86. The summed E-state index contributed by atoms with van der Waals surface area (Å²) in [6, 6.07) is 6.28. The summed E-state index contributed by atoms with van der Waals surface area (Å²) in [7, 11) is 0. The van der Waals surface area contributed by atoms with Crippen LogP contribution in [0.25, 0.3) is 0 Å². The van der Waals surface area contributed by atoms with Crippen LogP contribution in [0.4, 0.5) is 13.2 Å². The van der Waals surface area contributed by atoms with Gasteiger partial charge in [0.2, 0.25) is 0 Å². The second-order valence-electron chi connectivity index (χ2n) is 4.86. The van der Waals surface area contributed by atoms with Crippen LogP contribution in [0.2, 0.25) is 0 Å². The Morgan fingerprint density at radius 1 is 1.25 bits per heavy atom. The number of para-hydroxylation sites is 1. The lowest BCUT2D eigenvalue weighted by Gasteiger charge is -2.15. The Morgan fingerprint density at radius 3 is 2.65 bits per heavy atom. The molecular weight excluding hydrogens is 271 g/mol. The zero-order chi connectivity index (χ0) is 14.6. The van der Waals surface area contributed by atoms with Gasteiger partial charge in [-0.25, -0.2) is 0 Å². The van der Waals surface area contributed by atoms with Gasteiger partial charge >= 0.3 is 6.36 Å². The number of halogens is 3. The van der Waals surface area contributed by atoms with Crippen LogP contribution >= 0.6 is 0 Å². The predicted molar refractivity (Wildman–Crippen MR) is 68.5 cm³/mol. The zero-order valence-electron chi connectivity index (χ0n) is 11.3. The average Bonchev–Trinajstić information content (AvgIpc) is 3.17. The summed E-state index contributed by atoms with van der Waals surface area (Å²) >= 11 is 0. The fraction of sp³-hybridized carbons (Fsp3) is 0.571. The third-order valence-corrected chi connectivity index (χ3v) is 3.05. The van der Waals surface area contributed by atoms with Crippen molar-refractivity contribution in [2.45, 2.75) is 38.7 Å². The van der Waals surface area contributed by atoms with Gasteiger partial charge < -0.3 is 10.1 Å². The van der Waals surface area contributed by atoms with Crippen LogP contribution in [-0.4, -0.2) is 25.6 Å². The quantitative estimate of drug-likeness (QED) is 0.782. The molecule has 20 heavy (non-hydrogen) atoms. The van der Waals surface area contributed by atoms with Gasteiger partial charge in [0, 0.05) is 18.2 Å². The third-order valence-electron chi connectivity index (χ3n) is 3.05. The van der Waals surface area contributed by atoms with Crippen LogP contribution in [-0.2, 0) is 11.3 Å². The smallest absolute Gasteiger partial charge is 0.491 e. The minimum Gasteiger partial charge on any atom is -0.491 e. The topological polar surface area (TPSA) is 30.5 Å². The van der Waals surface area contributed by atoms with Gasteiger partial charge in [-0.2, -0.15) is 0 Å². The Morgan fingerprint density at radius 2 is 2.00 bits per heavy atom. The number of hydrogen-bond acceptors (Lipinski definition) is 3. The molecule has 1 fully saturated rings. The molecular formula is C14H18F3NO2. The van der Waals surface area contributed by atoms with Gasteiger partial charge in [-0.3, -0.25) is 4.74 Å². The molecule has 1 aromatic rings. The summed E-state index contributed by atoms with van der Waals surface area (Å²) in [5.41, 5.74) is 1.87. The highest BCUT2D eigenvalue weighted by molar-refractivity contribution is 5.40. The number of benzene rings is 1. The maximum atomic E-state index is 11.9. The van der Waals surface area contributed by atoms with E-state index in [0.717, 1.165) is 11.1 Å². The van der Waals surface area contributed by atoms with E-state index in [9.17, 15) is 13.2 Å². The minimum atomic E-state index is -4.61. The van der Waals surface area contributed by atoms with Gasteiger partial charge in [-0.15, -0.1) is 13.2 Å². The van der Waals surface area contributed by atoms with E-state index in [1.165, 1.54) is 12.8 Å². The van der Waals surface area contributed by atoms with Gasteiger partial charge in [0.05, 0.1) is 6.61 Å². The minimum absolute atomic E-state index is 0.124. The molecule has 0 radical (unpaired) electrons. The Labute approximate surface area is 116 Å². The summed E-state index contributed by atoms with van der Waals surface area (Å²) in [4.78, 5) is 0. The molecule has 0 aromatic heterocycles. The molecule has 0 atom stereocenters. The fourth-order valence-corrected chi connectivity index (χ4v) is 1.90. The van der Waals surface area contributed by atoms with Crippen molar-refractivity contribution >= 4 is 0 Å². The van der Waals surface area contributed by atoms with E-state index in [2.05, 4.69) is 10.1 Å². The lowest BCUT2D eigenvalue weighted by Crippen LogP contribution is -2.19. The van der Waals surface area contributed by atoms with Crippen LogP contribution in [0, 0.1) is 6.92 Å². The molecule has 1 N–H and O–H groups in total. The standard InChI is InChI=1S/C14H18F3NO2/c1-10-3-2-4-11(9-18-12-5-6-12)13(10)19-7-8-20-14(15,16)17/h2-4,12,18H,5-9H2,1H3. The number of nitrogens with one attached hydrogen (secondary N) is 1. The van der Waals surface area contributed by atoms with Crippen molar-refractivity contribution in [3.8, 4) is 5.75 Å². The highest BCUT2D eigenvalue weighted by atomic mass is 19.4. The molecule has 1 aliphatic rings. The molecule has 0 spiro atoms. The highest BCUT2D eigenvalue weighted by Crippen LogP contribution is 2.26. The summed E-state index contributed by atoms with van der Waals surface area (Å²) < 4.78 is 44.8. The summed E-state index contributed by atoms with van der Waals surface area (Å²) in [5, 5.41) is 3.36. The van der Waals surface area contributed by atoms with Gasteiger partial charge in [0.15, 0.2) is 0 Å². The first-order valence-electron chi connectivity index (χ1n) is 6.61. The zero-order valence-corrected chi connectivity index (χ0v) is 11.3. The van der Waals surface area contributed by atoms with E-state index in [0.29, 0.717) is 18.3 Å². The molecule has 0 bridgehead atoms. The van der Waals surface area contributed by atoms with Crippen molar-refractivity contribution in [2.75, 3.05) is 13.2 Å². The predicted octanol–water partition coefficient (Wildman–Crippen LogP) is 3.16. The van der Waals surface area contributed by atoms with Crippen LogP contribution < -0.4 is 10.1 Å². The Balaban J connectivity index is 1.87. The maximum absolute atomic E-state index is 11.9. The first kappa shape index (κ1) is 15.1. The number of alkyl halides is 3. The van der Waals surface area contributed by atoms with Gasteiger partial charge in [-0.1, -0.05) is 18.2 Å². The average molecular weight is 289 g/mol. The van der Waals surface area contributed by atoms with Crippen molar-refractivity contribution < 1.29 is 22.6 Å². The number of hydrogen-bond donors (Lipinski definition) is 1. The van der Waals surface area contributed by atoms with Crippen LogP contribution in [0.3, 0.4) is 0 Å². The Bertz CT molecular complexity index is 445. The maximum Gasteiger partial charge on any atom is 0.522 e. The first-order valence-corrected chi connectivity index (χ1v) is 6.61. The largest absolute Gasteiger partial charge is 0.522 e. The molecule has 2 rings (SSSR count). The van der Waals surface area contributed by atoms with Crippen molar-refractivity contribution in [3.63, 3.8) is 0 Å². The van der Waals surface area contributed by atoms with Gasteiger partial charge in [-0.05, 0) is 25.3 Å². The number of ether oxygens (including phenoxy) is 2.